The summed E-state index contributed by atoms with van der Waals surface area (Å²) in [6, 6.07) is 2.41. The number of nitrogens with one attached hydrogen (secondary N) is 2. The number of aromatic amines is 1. The van der Waals surface area contributed by atoms with Crippen LogP contribution >= 0.6 is 11.6 Å². The van der Waals surface area contributed by atoms with Gasteiger partial charge in [-0.1, -0.05) is 11.6 Å². The zero-order valence-electron chi connectivity index (χ0n) is 10.3. The van der Waals surface area contributed by atoms with Crippen molar-refractivity contribution in [2.45, 2.75) is 17.6 Å². The van der Waals surface area contributed by atoms with E-state index in [2.05, 4.69) is 14.9 Å². The van der Waals surface area contributed by atoms with Crippen LogP contribution in [0.25, 0.3) is 0 Å². The summed E-state index contributed by atoms with van der Waals surface area (Å²) in [4.78, 5) is -0.511. The van der Waals surface area contributed by atoms with Crippen LogP contribution in [-0.4, -0.2) is 18.6 Å². The Hall–Kier alpha value is -1.58. The molecule has 0 amide bonds. The molecular weight excluding hydrogens is 331 g/mol. The lowest BCUT2D eigenvalue weighted by Crippen LogP contribution is -2.23. The molecule has 0 saturated carbocycles. The second kappa shape index (κ2) is 5.66. The zero-order chi connectivity index (χ0) is 15.7. The van der Waals surface area contributed by atoms with E-state index in [0.717, 1.165) is 12.1 Å². The Morgan fingerprint density at radius 1 is 1.33 bits per heavy atom. The first-order valence-electron chi connectivity index (χ1n) is 5.54. The first kappa shape index (κ1) is 15.8. The minimum Gasteiger partial charge on any atom is -0.285 e. The Labute approximate surface area is 123 Å². The first-order chi connectivity index (χ1) is 9.70. The molecule has 1 heterocycles. The van der Waals surface area contributed by atoms with Crippen LogP contribution < -0.4 is 4.72 Å². The van der Waals surface area contributed by atoms with Crippen molar-refractivity contribution in [2.75, 3.05) is 0 Å². The van der Waals surface area contributed by atoms with Crippen LogP contribution in [0.5, 0.6) is 0 Å². The molecule has 0 aliphatic rings. The number of rotatable bonds is 4. The second-order valence-corrected chi connectivity index (χ2v) is 6.24. The number of aromatic nitrogens is 2. The van der Waals surface area contributed by atoms with E-state index in [-0.39, 0.29) is 6.54 Å². The van der Waals surface area contributed by atoms with Crippen molar-refractivity contribution in [1.82, 2.24) is 14.9 Å². The van der Waals surface area contributed by atoms with E-state index in [4.69, 9.17) is 11.6 Å². The molecule has 1 aromatic carbocycles. The topological polar surface area (TPSA) is 74.8 Å². The summed E-state index contributed by atoms with van der Waals surface area (Å²) in [6.45, 7) is -0.0944. The highest BCUT2D eigenvalue weighted by atomic mass is 35.5. The molecule has 0 aliphatic carbocycles. The highest BCUT2D eigenvalue weighted by Crippen LogP contribution is 2.35. The predicted molar refractivity (Wildman–Crippen MR) is 69.1 cm³/mol. The van der Waals surface area contributed by atoms with E-state index in [1.807, 2.05) is 0 Å². The third-order valence-electron chi connectivity index (χ3n) is 2.57. The molecule has 114 valence electrons. The zero-order valence-corrected chi connectivity index (χ0v) is 11.9. The monoisotopic (exact) mass is 339 g/mol. The number of sulfonamides is 1. The van der Waals surface area contributed by atoms with Gasteiger partial charge in [0.25, 0.3) is 0 Å². The van der Waals surface area contributed by atoms with Crippen molar-refractivity contribution in [3.05, 3.63) is 46.7 Å². The van der Waals surface area contributed by atoms with Crippen molar-refractivity contribution >= 4 is 21.6 Å². The van der Waals surface area contributed by atoms with Gasteiger partial charge < -0.3 is 0 Å². The largest absolute Gasteiger partial charge is 0.417 e. The molecule has 2 rings (SSSR count). The van der Waals surface area contributed by atoms with Gasteiger partial charge >= 0.3 is 6.18 Å². The van der Waals surface area contributed by atoms with Gasteiger partial charge in [0, 0.05) is 18.3 Å². The van der Waals surface area contributed by atoms with Crippen LogP contribution in [-0.2, 0) is 22.7 Å². The van der Waals surface area contributed by atoms with Gasteiger partial charge in [0.2, 0.25) is 10.0 Å². The van der Waals surface area contributed by atoms with Crippen molar-refractivity contribution in [3.8, 4) is 0 Å². The fourth-order valence-corrected chi connectivity index (χ4v) is 2.79. The van der Waals surface area contributed by atoms with Gasteiger partial charge in [-0.2, -0.15) is 18.3 Å². The Morgan fingerprint density at radius 2 is 2.05 bits per heavy atom. The second-order valence-electron chi connectivity index (χ2n) is 4.07. The Balaban J connectivity index is 2.28. The van der Waals surface area contributed by atoms with Crippen molar-refractivity contribution in [2.24, 2.45) is 0 Å². The lowest BCUT2D eigenvalue weighted by Gasteiger charge is -2.11. The van der Waals surface area contributed by atoms with Gasteiger partial charge in [0.1, 0.15) is 0 Å². The molecule has 10 heteroatoms. The van der Waals surface area contributed by atoms with E-state index in [1.54, 1.807) is 0 Å². The van der Waals surface area contributed by atoms with Crippen molar-refractivity contribution in [3.63, 3.8) is 0 Å². The quantitative estimate of drug-likeness (QED) is 0.899. The molecule has 0 radical (unpaired) electrons. The molecule has 21 heavy (non-hydrogen) atoms. The van der Waals surface area contributed by atoms with Gasteiger partial charge in [-0.3, -0.25) is 5.10 Å². The van der Waals surface area contributed by atoms with Crippen molar-refractivity contribution in [1.29, 1.82) is 0 Å². The van der Waals surface area contributed by atoms with Crippen LogP contribution in [0.3, 0.4) is 0 Å². The van der Waals surface area contributed by atoms with E-state index in [1.165, 1.54) is 12.4 Å². The highest BCUT2D eigenvalue weighted by molar-refractivity contribution is 7.89. The average Bonchev–Trinajstić information content (AvgIpc) is 2.88. The Bertz CT molecular complexity index is 730. The molecule has 2 aromatic rings. The summed E-state index contributed by atoms with van der Waals surface area (Å²) in [6.07, 6.45) is -1.87. The normalized spacial score (nSPS) is 12.6. The summed E-state index contributed by atoms with van der Waals surface area (Å²) in [5, 5.41) is 5.56. The third-order valence-corrected chi connectivity index (χ3v) is 4.30. The van der Waals surface area contributed by atoms with Gasteiger partial charge in [-0.05, 0) is 18.2 Å². The Kier molecular flexibility index (Phi) is 4.26. The van der Waals surface area contributed by atoms with Crippen molar-refractivity contribution < 1.29 is 21.6 Å². The average molecular weight is 340 g/mol. The maximum absolute atomic E-state index is 12.7. The van der Waals surface area contributed by atoms with E-state index in [0.29, 0.717) is 11.6 Å². The summed E-state index contributed by atoms with van der Waals surface area (Å²) in [5.74, 6) is 0. The Morgan fingerprint density at radius 3 is 2.62 bits per heavy atom. The SMILES string of the molecule is O=S(=O)(NCc1cn[nH]c1)c1ccc(Cl)c(C(F)(F)F)c1. The molecule has 0 bridgehead atoms. The maximum Gasteiger partial charge on any atom is 0.417 e. The minimum atomic E-state index is -4.73. The van der Waals surface area contributed by atoms with Crippen LogP contribution in [0.2, 0.25) is 5.02 Å². The molecule has 1 aromatic heterocycles. The van der Waals surface area contributed by atoms with Crippen LogP contribution in [0.15, 0.2) is 35.5 Å². The molecular formula is C11H9ClF3N3O2S. The summed E-state index contributed by atoms with van der Waals surface area (Å²) in [7, 11) is -4.09. The van der Waals surface area contributed by atoms with Gasteiger partial charge in [-0.15, -0.1) is 0 Å². The summed E-state index contributed by atoms with van der Waals surface area (Å²) >= 11 is 5.44. The molecule has 0 atom stereocenters. The number of halogens is 4. The van der Waals surface area contributed by atoms with Crippen LogP contribution in [0.1, 0.15) is 11.1 Å². The predicted octanol–water partition coefficient (Wildman–Crippen LogP) is 2.56. The molecule has 0 saturated heterocycles. The van der Waals surface area contributed by atoms with Crippen LogP contribution in [0, 0.1) is 0 Å². The number of hydrogen-bond donors (Lipinski definition) is 2. The number of H-pyrrole nitrogens is 1. The number of benzene rings is 1. The molecule has 5 nitrogen and oxygen atoms in total. The van der Waals surface area contributed by atoms with Gasteiger partial charge in [0.05, 0.1) is 21.7 Å². The van der Waals surface area contributed by atoms with E-state index in [9.17, 15) is 21.6 Å². The minimum absolute atomic E-state index is 0.0944. The maximum atomic E-state index is 12.7. The highest BCUT2D eigenvalue weighted by Gasteiger charge is 2.34. The molecule has 0 aliphatic heterocycles. The van der Waals surface area contributed by atoms with Crippen LogP contribution in [0.4, 0.5) is 13.2 Å². The smallest absolute Gasteiger partial charge is 0.285 e. The molecule has 0 fully saturated rings. The standard InChI is InChI=1S/C11H9ClF3N3O2S/c12-10-2-1-8(3-9(10)11(13,14)15)21(19,20)18-6-7-4-16-17-5-7/h1-5,18H,6H2,(H,16,17). The van der Waals surface area contributed by atoms with E-state index >= 15 is 0 Å². The van der Waals surface area contributed by atoms with Gasteiger partial charge in [-0.25, -0.2) is 13.1 Å². The molecule has 0 spiro atoms. The fourth-order valence-electron chi connectivity index (χ4n) is 1.52. The lowest BCUT2D eigenvalue weighted by atomic mass is 10.2. The molecule has 2 N–H and O–H groups in total. The molecule has 0 unspecified atom stereocenters. The number of hydrogen-bond acceptors (Lipinski definition) is 3. The summed E-state index contributed by atoms with van der Waals surface area (Å²) in [5.41, 5.74) is -0.654. The number of alkyl halides is 3. The first-order valence-corrected chi connectivity index (χ1v) is 7.40. The third kappa shape index (κ3) is 3.74. The van der Waals surface area contributed by atoms with Gasteiger partial charge in [0.15, 0.2) is 0 Å². The van der Waals surface area contributed by atoms with E-state index < -0.39 is 31.7 Å². The fraction of sp³-hybridized carbons (Fsp3) is 0.182. The lowest BCUT2D eigenvalue weighted by molar-refractivity contribution is -0.137. The summed E-state index contributed by atoms with van der Waals surface area (Å²) < 4.78 is 64.3. The number of nitrogens with zero attached hydrogens (tertiary/aromatic N) is 1.